The molecule has 0 saturated carbocycles. The van der Waals surface area contributed by atoms with Gasteiger partial charge in [-0.2, -0.15) is 0 Å². The van der Waals surface area contributed by atoms with Crippen molar-refractivity contribution in [2.24, 2.45) is 0 Å². The molecule has 0 spiro atoms. The SMILES string of the molecule is CC/C(I)=C/COC1CCCCO1. The van der Waals surface area contributed by atoms with E-state index in [1.165, 1.54) is 16.4 Å². The van der Waals surface area contributed by atoms with Crippen LogP contribution in [-0.4, -0.2) is 19.5 Å². The van der Waals surface area contributed by atoms with Crippen LogP contribution in [0.2, 0.25) is 0 Å². The van der Waals surface area contributed by atoms with Crippen molar-refractivity contribution < 1.29 is 9.47 Å². The minimum atomic E-state index is 0.0473. The van der Waals surface area contributed by atoms with E-state index in [9.17, 15) is 0 Å². The molecule has 0 aliphatic carbocycles. The van der Waals surface area contributed by atoms with Crippen LogP contribution in [-0.2, 0) is 9.47 Å². The van der Waals surface area contributed by atoms with E-state index >= 15 is 0 Å². The quantitative estimate of drug-likeness (QED) is 0.741. The summed E-state index contributed by atoms with van der Waals surface area (Å²) in [5.41, 5.74) is 0. The highest BCUT2D eigenvalue weighted by molar-refractivity contribution is 14.1. The molecule has 0 aromatic rings. The number of ether oxygens (including phenoxy) is 2. The fraction of sp³-hybridized carbons (Fsp3) is 0.800. The Balaban J connectivity index is 2.10. The van der Waals surface area contributed by atoms with Gasteiger partial charge in [-0.15, -0.1) is 0 Å². The van der Waals surface area contributed by atoms with E-state index in [2.05, 4.69) is 35.6 Å². The van der Waals surface area contributed by atoms with Crippen molar-refractivity contribution in [1.82, 2.24) is 0 Å². The first-order valence-electron chi connectivity index (χ1n) is 4.90. The molecule has 2 nitrogen and oxygen atoms in total. The van der Waals surface area contributed by atoms with Crippen molar-refractivity contribution in [2.45, 2.75) is 38.9 Å². The Labute approximate surface area is 93.8 Å². The summed E-state index contributed by atoms with van der Waals surface area (Å²) in [6, 6.07) is 0. The number of hydrogen-bond acceptors (Lipinski definition) is 2. The van der Waals surface area contributed by atoms with Gasteiger partial charge in [0.15, 0.2) is 6.29 Å². The topological polar surface area (TPSA) is 18.5 Å². The molecule has 1 aliphatic heterocycles. The fourth-order valence-electron chi connectivity index (χ4n) is 1.23. The Kier molecular flexibility index (Phi) is 5.98. The van der Waals surface area contributed by atoms with Gasteiger partial charge in [-0.1, -0.05) is 6.92 Å². The van der Waals surface area contributed by atoms with Crippen LogP contribution in [0.3, 0.4) is 0 Å². The standard InChI is InChI=1S/C10H17IO2/c1-2-9(11)6-8-13-10-5-3-4-7-12-10/h6,10H,2-5,7-8H2,1H3/b9-6-. The first-order chi connectivity index (χ1) is 6.33. The zero-order valence-electron chi connectivity index (χ0n) is 8.09. The molecular weight excluding hydrogens is 279 g/mol. The predicted octanol–water partition coefficient (Wildman–Crippen LogP) is 3.26. The molecule has 0 N–H and O–H groups in total. The highest BCUT2D eigenvalue weighted by Crippen LogP contribution is 2.15. The molecule has 0 radical (unpaired) electrons. The maximum absolute atomic E-state index is 5.55. The second kappa shape index (κ2) is 6.79. The van der Waals surface area contributed by atoms with Gasteiger partial charge in [-0.25, -0.2) is 0 Å². The predicted molar refractivity (Wildman–Crippen MR) is 61.9 cm³/mol. The summed E-state index contributed by atoms with van der Waals surface area (Å²) in [5.74, 6) is 0. The highest BCUT2D eigenvalue weighted by atomic mass is 127. The van der Waals surface area contributed by atoms with Gasteiger partial charge in [-0.05, 0) is 57.9 Å². The van der Waals surface area contributed by atoms with Crippen molar-refractivity contribution in [3.05, 3.63) is 9.66 Å². The average molecular weight is 296 g/mol. The molecule has 1 unspecified atom stereocenters. The number of rotatable bonds is 4. The Hall–Kier alpha value is 0.390. The minimum Gasteiger partial charge on any atom is -0.353 e. The van der Waals surface area contributed by atoms with Gasteiger partial charge in [0.25, 0.3) is 0 Å². The second-order valence-electron chi connectivity index (χ2n) is 3.13. The van der Waals surface area contributed by atoms with Crippen LogP contribution in [0.1, 0.15) is 32.6 Å². The molecule has 3 heteroatoms. The molecule has 0 aromatic carbocycles. The summed E-state index contributed by atoms with van der Waals surface area (Å²) in [6.45, 7) is 3.70. The monoisotopic (exact) mass is 296 g/mol. The van der Waals surface area contributed by atoms with Crippen molar-refractivity contribution in [2.75, 3.05) is 13.2 Å². The third-order valence-electron chi connectivity index (χ3n) is 2.06. The average Bonchev–Trinajstić information content (AvgIpc) is 2.19. The zero-order chi connectivity index (χ0) is 9.52. The van der Waals surface area contributed by atoms with E-state index in [1.807, 2.05) is 0 Å². The number of hydrogen-bond donors (Lipinski definition) is 0. The zero-order valence-corrected chi connectivity index (χ0v) is 10.2. The molecule has 1 heterocycles. The minimum absolute atomic E-state index is 0.0473. The molecule has 0 aromatic heterocycles. The van der Waals surface area contributed by atoms with Crippen LogP contribution in [0.4, 0.5) is 0 Å². The molecule has 1 saturated heterocycles. The first-order valence-corrected chi connectivity index (χ1v) is 5.98. The summed E-state index contributed by atoms with van der Waals surface area (Å²) in [7, 11) is 0. The number of allylic oxidation sites excluding steroid dienone is 1. The van der Waals surface area contributed by atoms with Gasteiger partial charge >= 0.3 is 0 Å². The van der Waals surface area contributed by atoms with Crippen molar-refractivity contribution in [1.29, 1.82) is 0 Å². The first kappa shape index (κ1) is 11.5. The van der Waals surface area contributed by atoms with Crippen LogP contribution in [0, 0.1) is 0 Å². The van der Waals surface area contributed by atoms with E-state index in [4.69, 9.17) is 9.47 Å². The van der Waals surface area contributed by atoms with E-state index < -0.39 is 0 Å². The maximum atomic E-state index is 5.55. The van der Waals surface area contributed by atoms with Gasteiger partial charge in [-0.3, -0.25) is 0 Å². The summed E-state index contributed by atoms with van der Waals surface area (Å²) < 4.78 is 12.3. The lowest BCUT2D eigenvalue weighted by Gasteiger charge is -2.21. The van der Waals surface area contributed by atoms with E-state index in [0.717, 1.165) is 19.4 Å². The Morgan fingerprint density at radius 3 is 3.08 bits per heavy atom. The summed E-state index contributed by atoms with van der Waals surface area (Å²) in [6.07, 6.45) is 6.73. The molecule has 13 heavy (non-hydrogen) atoms. The molecular formula is C10H17IO2. The third-order valence-corrected chi connectivity index (χ3v) is 3.27. The summed E-state index contributed by atoms with van der Waals surface area (Å²) in [5, 5.41) is 0. The second-order valence-corrected chi connectivity index (χ2v) is 4.52. The molecule has 0 amide bonds. The molecule has 1 atom stereocenters. The lowest BCUT2D eigenvalue weighted by molar-refractivity contribution is -0.155. The smallest absolute Gasteiger partial charge is 0.157 e. The van der Waals surface area contributed by atoms with Gasteiger partial charge in [0, 0.05) is 6.61 Å². The Morgan fingerprint density at radius 2 is 2.46 bits per heavy atom. The fourth-order valence-corrected chi connectivity index (χ4v) is 1.41. The van der Waals surface area contributed by atoms with Gasteiger partial charge in [0.05, 0.1) is 6.61 Å². The van der Waals surface area contributed by atoms with Crippen molar-refractivity contribution in [3.63, 3.8) is 0 Å². The summed E-state index contributed by atoms with van der Waals surface area (Å²) in [4.78, 5) is 0. The van der Waals surface area contributed by atoms with Crippen LogP contribution in [0.5, 0.6) is 0 Å². The maximum Gasteiger partial charge on any atom is 0.157 e. The van der Waals surface area contributed by atoms with E-state index in [0.29, 0.717) is 6.61 Å². The highest BCUT2D eigenvalue weighted by Gasteiger charge is 2.12. The van der Waals surface area contributed by atoms with Crippen LogP contribution in [0.15, 0.2) is 9.66 Å². The van der Waals surface area contributed by atoms with Crippen LogP contribution in [0.25, 0.3) is 0 Å². The van der Waals surface area contributed by atoms with Gasteiger partial charge in [0.2, 0.25) is 0 Å². The normalized spacial score (nSPS) is 24.8. The summed E-state index contributed by atoms with van der Waals surface area (Å²) >= 11 is 2.34. The molecule has 1 rings (SSSR count). The lowest BCUT2D eigenvalue weighted by Crippen LogP contribution is -2.22. The molecule has 0 bridgehead atoms. The molecule has 76 valence electrons. The van der Waals surface area contributed by atoms with Gasteiger partial charge < -0.3 is 9.47 Å². The lowest BCUT2D eigenvalue weighted by atomic mass is 10.2. The molecule has 1 aliphatic rings. The largest absolute Gasteiger partial charge is 0.353 e. The Bertz CT molecular complexity index is 162. The van der Waals surface area contributed by atoms with E-state index in [-0.39, 0.29) is 6.29 Å². The van der Waals surface area contributed by atoms with Crippen molar-refractivity contribution >= 4 is 22.6 Å². The van der Waals surface area contributed by atoms with Gasteiger partial charge in [0.1, 0.15) is 0 Å². The van der Waals surface area contributed by atoms with Crippen LogP contribution < -0.4 is 0 Å². The van der Waals surface area contributed by atoms with E-state index in [1.54, 1.807) is 0 Å². The Morgan fingerprint density at radius 1 is 1.62 bits per heavy atom. The number of halogens is 1. The van der Waals surface area contributed by atoms with Crippen LogP contribution >= 0.6 is 22.6 Å². The van der Waals surface area contributed by atoms with Crippen molar-refractivity contribution in [3.8, 4) is 0 Å². The molecule has 1 fully saturated rings. The third kappa shape index (κ3) is 4.98.